The third-order valence-electron chi connectivity index (χ3n) is 3.20. The summed E-state index contributed by atoms with van der Waals surface area (Å²) < 4.78 is 36.7. The van der Waals surface area contributed by atoms with Gasteiger partial charge >= 0.3 is 11.8 Å². The van der Waals surface area contributed by atoms with Gasteiger partial charge in [0.1, 0.15) is 5.82 Å². The fraction of sp³-hybridized carbons (Fsp3) is 0.357. The van der Waals surface area contributed by atoms with Gasteiger partial charge in [0.05, 0.1) is 10.6 Å². The Labute approximate surface area is 137 Å². The quantitative estimate of drug-likeness (QED) is 0.370. The van der Waals surface area contributed by atoms with Gasteiger partial charge in [-0.05, 0) is 37.1 Å². The summed E-state index contributed by atoms with van der Waals surface area (Å²) in [5.74, 6) is -3.75. The molecule has 0 bridgehead atoms. The van der Waals surface area contributed by atoms with E-state index in [1.807, 2.05) is 10.9 Å². The van der Waals surface area contributed by atoms with Gasteiger partial charge in [-0.2, -0.15) is 0 Å². The van der Waals surface area contributed by atoms with Crippen LogP contribution in [0.3, 0.4) is 0 Å². The lowest BCUT2D eigenvalue weighted by molar-refractivity contribution is -0.141. The average molecular weight is 357 g/mol. The SMILES string of the molecule is O=C(CCS(=O)(=O)c1ccc(F)cc1)NNC(=O)C(=O)NC1CC1. The van der Waals surface area contributed by atoms with E-state index < -0.39 is 45.5 Å². The van der Waals surface area contributed by atoms with Gasteiger partial charge in [-0.3, -0.25) is 25.2 Å². The van der Waals surface area contributed by atoms with Crippen molar-refractivity contribution in [2.75, 3.05) is 5.75 Å². The number of benzene rings is 1. The highest BCUT2D eigenvalue weighted by Gasteiger charge is 2.26. The molecule has 1 fully saturated rings. The van der Waals surface area contributed by atoms with Crippen LogP contribution in [0.1, 0.15) is 19.3 Å². The molecule has 0 aliphatic heterocycles. The molecule has 1 aliphatic carbocycles. The fourth-order valence-electron chi connectivity index (χ4n) is 1.71. The number of nitrogens with one attached hydrogen (secondary N) is 3. The number of hydrogen-bond donors (Lipinski definition) is 3. The Bertz CT molecular complexity index is 744. The first-order valence-corrected chi connectivity index (χ1v) is 8.81. The predicted molar refractivity (Wildman–Crippen MR) is 80.5 cm³/mol. The van der Waals surface area contributed by atoms with Crippen molar-refractivity contribution in [3.05, 3.63) is 30.1 Å². The Morgan fingerprint density at radius 2 is 1.67 bits per heavy atom. The van der Waals surface area contributed by atoms with Gasteiger partial charge in [0, 0.05) is 12.5 Å². The van der Waals surface area contributed by atoms with E-state index in [0.717, 1.165) is 37.1 Å². The van der Waals surface area contributed by atoms with E-state index in [1.54, 1.807) is 0 Å². The minimum absolute atomic E-state index is 0.000182. The van der Waals surface area contributed by atoms with E-state index >= 15 is 0 Å². The molecular formula is C14H16FN3O5S. The zero-order valence-electron chi connectivity index (χ0n) is 12.5. The molecule has 10 heteroatoms. The average Bonchev–Trinajstić information content (AvgIpc) is 3.35. The van der Waals surface area contributed by atoms with Crippen LogP contribution in [0.4, 0.5) is 4.39 Å². The number of rotatable bonds is 5. The summed E-state index contributed by atoms with van der Waals surface area (Å²) >= 11 is 0. The van der Waals surface area contributed by atoms with Crippen LogP contribution in [0.5, 0.6) is 0 Å². The fourth-order valence-corrected chi connectivity index (χ4v) is 2.95. The van der Waals surface area contributed by atoms with Crippen molar-refractivity contribution in [1.82, 2.24) is 16.2 Å². The van der Waals surface area contributed by atoms with Gasteiger partial charge in [-0.25, -0.2) is 12.8 Å². The molecule has 8 nitrogen and oxygen atoms in total. The van der Waals surface area contributed by atoms with Crippen LogP contribution in [0, 0.1) is 5.82 Å². The number of halogens is 1. The molecule has 0 spiro atoms. The Kier molecular flexibility index (Phi) is 5.50. The minimum Gasteiger partial charge on any atom is -0.345 e. The number of amides is 3. The maximum absolute atomic E-state index is 12.8. The maximum Gasteiger partial charge on any atom is 0.327 e. The van der Waals surface area contributed by atoms with Gasteiger partial charge in [0.25, 0.3) is 0 Å². The van der Waals surface area contributed by atoms with E-state index in [9.17, 15) is 27.2 Å². The summed E-state index contributed by atoms with van der Waals surface area (Å²) in [5, 5.41) is 2.43. The topological polar surface area (TPSA) is 121 Å². The number of hydrazine groups is 1. The van der Waals surface area contributed by atoms with Gasteiger partial charge in [-0.15, -0.1) is 0 Å². The molecule has 1 aliphatic rings. The van der Waals surface area contributed by atoms with Crippen LogP contribution < -0.4 is 16.2 Å². The molecule has 1 aromatic rings. The van der Waals surface area contributed by atoms with E-state index in [1.165, 1.54) is 0 Å². The first-order valence-electron chi connectivity index (χ1n) is 7.16. The van der Waals surface area contributed by atoms with E-state index in [2.05, 4.69) is 5.32 Å². The Morgan fingerprint density at radius 3 is 2.25 bits per heavy atom. The molecule has 0 atom stereocenters. The van der Waals surface area contributed by atoms with Crippen LogP contribution in [-0.2, 0) is 24.2 Å². The highest BCUT2D eigenvalue weighted by Crippen LogP contribution is 2.18. The Morgan fingerprint density at radius 1 is 1.04 bits per heavy atom. The molecule has 3 amide bonds. The second kappa shape index (κ2) is 7.39. The smallest absolute Gasteiger partial charge is 0.327 e. The zero-order chi connectivity index (χ0) is 17.7. The molecule has 0 unspecified atom stereocenters. The van der Waals surface area contributed by atoms with Gasteiger partial charge in [-0.1, -0.05) is 0 Å². The first-order chi connectivity index (χ1) is 11.3. The van der Waals surface area contributed by atoms with Crippen molar-refractivity contribution >= 4 is 27.6 Å². The maximum atomic E-state index is 12.8. The molecule has 130 valence electrons. The van der Waals surface area contributed by atoms with E-state index in [0.29, 0.717) is 0 Å². The first kappa shape index (κ1) is 17.9. The number of carbonyl (C=O) groups excluding carboxylic acids is 3. The third-order valence-corrected chi connectivity index (χ3v) is 4.94. The number of hydrogen-bond acceptors (Lipinski definition) is 5. The van der Waals surface area contributed by atoms with Crippen molar-refractivity contribution in [3.8, 4) is 0 Å². The zero-order valence-corrected chi connectivity index (χ0v) is 13.4. The van der Waals surface area contributed by atoms with Crippen LogP contribution in [-0.4, -0.2) is 37.9 Å². The number of carbonyl (C=O) groups is 3. The van der Waals surface area contributed by atoms with Crippen molar-refractivity contribution < 1.29 is 27.2 Å². The molecule has 24 heavy (non-hydrogen) atoms. The molecule has 0 aromatic heterocycles. The molecule has 0 heterocycles. The largest absolute Gasteiger partial charge is 0.345 e. The third kappa shape index (κ3) is 5.30. The monoisotopic (exact) mass is 357 g/mol. The van der Waals surface area contributed by atoms with Crippen LogP contribution in [0.2, 0.25) is 0 Å². The van der Waals surface area contributed by atoms with Crippen LogP contribution in [0.15, 0.2) is 29.2 Å². The highest BCUT2D eigenvalue weighted by molar-refractivity contribution is 7.91. The molecule has 2 rings (SSSR count). The van der Waals surface area contributed by atoms with Gasteiger partial charge < -0.3 is 5.32 Å². The normalized spacial score (nSPS) is 13.9. The molecule has 0 radical (unpaired) electrons. The Hall–Kier alpha value is -2.49. The van der Waals surface area contributed by atoms with Crippen molar-refractivity contribution in [1.29, 1.82) is 0 Å². The van der Waals surface area contributed by atoms with Gasteiger partial charge in [0.2, 0.25) is 5.91 Å². The molecule has 0 saturated heterocycles. The van der Waals surface area contributed by atoms with E-state index in [-0.39, 0.29) is 10.9 Å². The van der Waals surface area contributed by atoms with Crippen molar-refractivity contribution in [3.63, 3.8) is 0 Å². The van der Waals surface area contributed by atoms with Crippen molar-refractivity contribution in [2.45, 2.75) is 30.2 Å². The second-order valence-corrected chi connectivity index (χ2v) is 7.38. The minimum atomic E-state index is -3.75. The Balaban J connectivity index is 1.76. The summed E-state index contributed by atoms with van der Waals surface area (Å²) in [6.45, 7) is 0. The van der Waals surface area contributed by atoms with Gasteiger partial charge in [0.15, 0.2) is 9.84 Å². The number of sulfone groups is 1. The lowest BCUT2D eigenvalue weighted by Gasteiger charge is -2.08. The summed E-state index contributed by atoms with van der Waals surface area (Å²) in [4.78, 5) is 34.2. The lowest BCUT2D eigenvalue weighted by atomic mass is 10.4. The summed E-state index contributed by atoms with van der Waals surface area (Å²) in [7, 11) is -3.75. The second-order valence-electron chi connectivity index (χ2n) is 5.27. The summed E-state index contributed by atoms with van der Waals surface area (Å²) in [6, 6.07) is 4.22. The highest BCUT2D eigenvalue weighted by atomic mass is 32.2. The summed E-state index contributed by atoms with van der Waals surface area (Å²) in [6.07, 6.45) is 1.20. The summed E-state index contributed by atoms with van der Waals surface area (Å²) in [5.41, 5.74) is 3.87. The van der Waals surface area contributed by atoms with E-state index in [4.69, 9.17) is 0 Å². The predicted octanol–water partition coefficient (Wildman–Crippen LogP) is -0.584. The lowest BCUT2D eigenvalue weighted by Crippen LogP contribution is -2.49. The molecule has 3 N–H and O–H groups in total. The molecule has 1 aromatic carbocycles. The molecular weight excluding hydrogens is 341 g/mol. The molecule has 1 saturated carbocycles. The standard InChI is InChI=1S/C14H16FN3O5S/c15-9-1-5-11(6-2-9)24(22,23)8-7-12(19)17-18-14(21)13(20)16-10-3-4-10/h1-2,5-6,10H,3-4,7-8H2,(H,16,20)(H,17,19)(H,18,21). The van der Waals surface area contributed by atoms with Crippen LogP contribution >= 0.6 is 0 Å². The van der Waals surface area contributed by atoms with Crippen molar-refractivity contribution in [2.24, 2.45) is 0 Å². The van der Waals surface area contributed by atoms with Crippen LogP contribution in [0.25, 0.3) is 0 Å².